The van der Waals surface area contributed by atoms with Gasteiger partial charge in [0.2, 0.25) is 5.91 Å². The monoisotopic (exact) mass is 310 g/mol. The molecule has 2 unspecified atom stereocenters. The molecule has 0 aliphatic carbocycles. The number of carbonyl (C=O) groups is 1. The number of amides is 1. The Bertz CT molecular complexity index is 628. The normalized spacial score (nSPS) is 21.9. The van der Waals surface area contributed by atoms with Gasteiger partial charge in [-0.25, -0.2) is 8.42 Å². The highest BCUT2D eigenvalue weighted by molar-refractivity contribution is 7.91. The SMILES string of the molecule is CCN(C(=O)C(C)c1cccc(N)c1)C1CCS(=O)(=O)C1. The number of nitrogens with two attached hydrogens (primary N) is 1. The topological polar surface area (TPSA) is 80.5 Å². The number of nitrogen functional groups attached to an aromatic ring is 1. The van der Waals surface area contributed by atoms with E-state index in [0.717, 1.165) is 5.56 Å². The predicted molar refractivity (Wildman–Crippen MR) is 83.7 cm³/mol. The van der Waals surface area contributed by atoms with Crippen molar-refractivity contribution in [2.75, 3.05) is 23.8 Å². The van der Waals surface area contributed by atoms with E-state index in [4.69, 9.17) is 5.73 Å². The molecular formula is C15H22N2O3S. The van der Waals surface area contributed by atoms with Gasteiger partial charge in [-0.15, -0.1) is 0 Å². The van der Waals surface area contributed by atoms with E-state index in [1.54, 1.807) is 17.0 Å². The van der Waals surface area contributed by atoms with Gasteiger partial charge in [0.05, 0.1) is 17.4 Å². The summed E-state index contributed by atoms with van der Waals surface area (Å²) in [7, 11) is -3.00. The zero-order chi connectivity index (χ0) is 15.6. The summed E-state index contributed by atoms with van der Waals surface area (Å²) in [6, 6.07) is 7.07. The lowest BCUT2D eigenvalue weighted by Crippen LogP contribution is -2.43. The molecule has 116 valence electrons. The van der Waals surface area contributed by atoms with Crippen molar-refractivity contribution in [1.29, 1.82) is 0 Å². The molecule has 2 atom stereocenters. The highest BCUT2D eigenvalue weighted by atomic mass is 32.2. The molecule has 1 aliphatic heterocycles. The summed E-state index contributed by atoms with van der Waals surface area (Å²) in [4.78, 5) is 14.4. The molecule has 5 nitrogen and oxygen atoms in total. The molecule has 1 aromatic rings. The third-order valence-electron chi connectivity index (χ3n) is 4.05. The molecule has 1 amide bonds. The molecule has 0 bridgehead atoms. The standard InChI is InChI=1S/C15H22N2O3S/c1-3-17(14-7-8-21(19,20)10-14)15(18)11(2)12-5-4-6-13(16)9-12/h4-6,9,11,14H,3,7-8,10,16H2,1-2H3. The third kappa shape index (κ3) is 3.56. The van der Waals surface area contributed by atoms with E-state index in [2.05, 4.69) is 0 Å². The molecule has 0 aromatic heterocycles. The van der Waals surface area contributed by atoms with Crippen LogP contribution in [0.4, 0.5) is 5.69 Å². The highest BCUT2D eigenvalue weighted by Gasteiger charge is 2.35. The molecular weight excluding hydrogens is 288 g/mol. The van der Waals surface area contributed by atoms with Crippen LogP contribution in [0.1, 0.15) is 31.7 Å². The van der Waals surface area contributed by atoms with E-state index in [-0.39, 0.29) is 29.4 Å². The van der Waals surface area contributed by atoms with Gasteiger partial charge in [-0.3, -0.25) is 4.79 Å². The Balaban J connectivity index is 2.17. The van der Waals surface area contributed by atoms with E-state index in [0.29, 0.717) is 18.7 Å². The largest absolute Gasteiger partial charge is 0.399 e. The molecule has 0 spiro atoms. The zero-order valence-corrected chi connectivity index (χ0v) is 13.3. The fraction of sp³-hybridized carbons (Fsp3) is 0.533. The van der Waals surface area contributed by atoms with Crippen LogP contribution in [0.3, 0.4) is 0 Å². The van der Waals surface area contributed by atoms with E-state index in [9.17, 15) is 13.2 Å². The number of hydrogen-bond acceptors (Lipinski definition) is 4. The average molecular weight is 310 g/mol. The van der Waals surface area contributed by atoms with E-state index < -0.39 is 9.84 Å². The van der Waals surface area contributed by atoms with Crippen LogP contribution in [-0.2, 0) is 14.6 Å². The number of likely N-dealkylation sites (N-methyl/N-ethyl adjacent to an activating group) is 1. The molecule has 0 radical (unpaired) electrons. The predicted octanol–water partition coefficient (Wildman–Crippen LogP) is 1.41. The van der Waals surface area contributed by atoms with E-state index in [1.165, 1.54) is 0 Å². The molecule has 1 saturated heterocycles. The Labute approximate surface area is 126 Å². The fourth-order valence-electron chi connectivity index (χ4n) is 2.83. The van der Waals surface area contributed by atoms with Gasteiger partial charge >= 0.3 is 0 Å². The van der Waals surface area contributed by atoms with Crippen LogP contribution in [0, 0.1) is 0 Å². The van der Waals surface area contributed by atoms with Gasteiger partial charge in [-0.2, -0.15) is 0 Å². The molecule has 21 heavy (non-hydrogen) atoms. The molecule has 6 heteroatoms. The molecule has 2 rings (SSSR count). The molecule has 2 N–H and O–H groups in total. The number of sulfone groups is 1. The van der Waals surface area contributed by atoms with Crippen LogP contribution in [0.5, 0.6) is 0 Å². The number of anilines is 1. The van der Waals surface area contributed by atoms with Gasteiger partial charge < -0.3 is 10.6 Å². The molecule has 1 heterocycles. The number of rotatable bonds is 4. The Hall–Kier alpha value is -1.56. The van der Waals surface area contributed by atoms with Crippen molar-refractivity contribution >= 4 is 21.4 Å². The third-order valence-corrected chi connectivity index (χ3v) is 5.80. The van der Waals surface area contributed by atoms with E-state index >= 15 is 0 Å². The van der Waals surface area contributed by atoms with Crippen LogP contribution in [0.2, 0.25) is 0 Å². The molecule has 0 saturated carbocycles. The first kappa shape index (κ1) is 15.8. The maximum Gasteiger partial charge on any atom is 0.230 e. The van der Waals surface area contributed by atoms with Gasteiger partial charge in [-0.05, 0) is 38.0 Å². The summed E-state index contributed by atoms with van der Waals surface area (Å²) in [6.45, 7) is 4.24. The smallest absolute Gasteiger partial charge is 0.230 e. The van der Waals surface area contributed by atoms with Gasteiger partial charge in [0.25, 0.3) is 0 Å². The summed E-state index contributed by atoms with van der Waals surface area (Å²) in [5.41, 5.74) is 7.24. The molecule has 1 fully saturated rings. The van der Waals surface area contributed by atoms with Crippen molar-refractivity contribution in [3.63, 3.8) is 0 Å². The Morgan fingerprint density at radius 3 is 2.71 bits per heavy atom. The van der Waals surface area contributed by atoms with E-state index in [1.807, 2.05) is 26.0 Å². The van der Waals surface area contributed by atoms with Gasteiger partial charge in [0.15, 0.2) is 9.84 Å². The Kier molecular flexibility index (Phi) is 4.56. The number of benzene rings is 1. The van der Waals surface area contributed by atoms with Crippen LogP contribution >= 0.6 is 0 Å². The Morgan fingerprint density at radius 1 is 1.48 bits per heavy atom. The van der Waals surface area contributed by atoms with Crippen LogP contribution in [0.25, 0.3) is 0 Å². The summed E-state index contributed by atoms with van der Waals surface area (Å²) in [5, 5.41) is 0. The average Bonchev–Trinajstić information content (AvgIpc) is 2.78. The Morgan fingerprint density at radius 2 is 2.19 bits per heavy atom. The maximum atomic E-state index is 12.7. The van der Waals surface area contributed by atoms with Crippen LogP contribution in [0.15, 0.2) is 24.3 Å². The minimum atomic E-state index is -3.00. The summed E-state index contributed by atoms with van der Waals surface area (Å²) in [6.07, 6.45) is 0.533. The lowest BCUT2D eigenvalue weighted by atomic mass is 9.98. The first-order valence-corrected chi connectivity index (χ1v) is 9.02. The van der Waals surface area contributed by atoms with Crippen molar-refractivity contribution < 1.29 is 13.2 Å². The quantitative estimate of drug-likeness (QED) is 0.853. The summed E-state index contributed by atoms with van der Waals surface area (Å²) >= 11 is 0. The second-order valence-electron chi connectivity index (χ2n) is 5.57. The van der Waals surface area contributed by atoms with Gasteiger partial charge in [-0.1, -0.05) is 12.1 Å². The van der Waals surface area contributed by atoms with Crippen molar-refractivity contribution in [1.82, 2.24) is 4.90 Å². The first-order chi connectivity index (χ1) is 9.84. The first-order valence-electron chi connectivity index (χ1n) is 7.20. The van der Waals surface area contributed by atoms with Crippen molar-refractivity contribution in [3.05, 3.63) is 29.8 Å². The number of nitrogens with zero attached hydrogens (tertiary/aromatic N) is 1. The fourth-order valence-corrected chi connectivity index (χ4v) is 4.57. The van der Waals surface area contributed by atoms with Crippen LogP contribution < -0.4 is 5.73 Å². The van der Waals surface area contributed by atoms with Gasteiger partial charge in [0.1, 0.15) is 0 Å². The number of hydrogen-bond donors (Lipinski definition) is 1. The number of carbonyl (C=O) groups excluding carboxylic acids is 1. The highest BCUT2D eigenvalue weighted by Crippen LogP contribution is 2.24. The molecule has 1 aromatic carbocycles. The van der Waals surface area contributed by atoms with Crippen molar-refractivity contribution in [2.45, 2.75) is 32.2 Å². The second-order valence-corrected chi connectivity index (χ2v) is 7.80. The second kappa shape index (κ2) is 6.05. The van der Waals surface area contributed by atoms with Crippen molar-refractivity contribution in [2.24, 2.45) is 0 Å². The molecule has 1 aliphatic rings. The maximum absolute atomic E-state index is 12.7. The lowest BCUT2D eigenvalue weighted by molar-refractivity contribution is -0.134. The van der Waals surface area contributed by atoms with Crippen molar-refractivity contribution in [3.8, 4) is 0 Å². The van der Waals surface area contributed by atoms with Gasteiger partial charge in [0, 0.05) is 18.3 Å². The zero-order valence-electron chi connectivity index (χ0n) is 12.5. The summed E-state index contributed by atoms with van der Waals surface area (Å²) in [5.74, 6) is -0.105. The minimum Gasteiger partial charge on any atom is -0.399 e. The lowest BCUT2D eigenvalue weighted by Gasteiger charge is -2.29. The van der Waals surface area contributed by atoms with Crippen LogP contribution in [-0.4, -0.2) is 43.3 Å². The summed E-state index contributed by atoms with van der Waals surface area (Å²) < 4.78 is 23.2. The minimum absolute atomic E-state index is 0.0369.